The molecule has 1 aliphatic heterocycles. The van der Waals surface area contributed by atoms with E-state index in [0.717, 1.165) is 26.6 Å². The number of nitrogens with zero attached hydrogens (tertiary/aromatic N) is 2. The molecule has 1 aromatic carbocycles. The maximum Gasteiger partial charge on any atom is 0.269 e. The number of anilines is 1. The highest BCUT2D eigenvalue weighted by Crippen LogP contribution is 2.38. The lowest BCUT2D eigenvalue weighted by molar-refractivity contribution is 0.1000. The molecule has 110 valence electrons. The largest absolute Gasteiger partial charge is 0.302 e. The molecule has 3 nitrogen and oxygen atoms in total. The molecule has 2 aromatic heterocycles. The highest BCUT2D eigenvalue weighted by atomic mass is 35.5. The minimum absolute atomic E-state index is 0.0109. The first kappa shape index (κ1) is 14.5. The number of benzene rings is 1. The summed E-state index contributed by atoms with van der Waals surface area (Å²) in [5, 5.41) is 0.705. The van der Waals surface area contributed by atoms with Crippen molar-refractivity contribution < 1.29 is 4.79 Å². The van der Waals surface area contributed by atoms with Crippen molar-refractivity contribution in [3.63, 3.8) is 0 Å². The van der Waals surface area contributed by atoms with Crippen LogP contribution in [0, 0.1) is 0 Å². The molecule has 0 bridgehead atoms. The number of fused-ring (bicyclic) bond motifs is 1. The first-order valence-electron chi connectivity index (χ1n) is 7.04. The number of pyridine rings is 1. The van der Waals surface area contributed by atoms with Gasteiger partial charge in [-0.2, -0.15) is 0 Å². The first-order valence-corrected chi connectivity index (χ1v) is 8.23. The van der Waals surface area contributed by atoms with Crippen LogP contribution in [0.5, 0.6) is 0 Å². The van der Waals surface area contributed by atoms with Crippen molar-refractivity contribution in [2.24, 2.45) is 0 Å². The van der Waals surface area contributed by atoms with Crippen molar-refractivity contribution >= 4 is 48.0 Å². The van der Waals surface area contributed by atoms with E-state index in [4.69, 9.17) is 19.4 Å². The number of carbonyl (C=O) groups is 1. The number of thiophene rings is 1. The van der Waals surface area contributed by atoms with Crippen LogP contribution < -0.4 is 10.5 Å². The lowest BCUT2D eigenvalue weighted by Gasteiger charge is -2.15. The summed E-state index contributed by atoms with van der Waals surface area (Å²) in [6.45, 7) is 0.559. The van der Waals surface area contributed by atoms with Gasteiger partial charge in [0.15, 0.2) is 0 Å². The predicted molar refractivity (Wildman–Crippen MR) is 94.9 cm³/mol. The van der Waals surface area contributed by atoms with E-state index in [2.05, 4.69) is 11.1 Å². The Balaban J connectivity index is 1.65. The van der Waals surface area contributed by atoms with Gasteiger partial charge in [0.2, 0.25) is 0 Å². The Bertz CT molecular complexity index is 890. The van der Waals surface area contributed by atoms with Crippen LogP contribution in [0.15, 0.2) is 48.7 Å². The third-order valence-electron chi connectivity index (χ3n) is 3.79. The Hall–Kier alpha value is -2.11. The summed E-state index contributed by atoms with van der Waals surface area (Å²) in [6.07, 6.45) is 1.63. The van der Waals surface area contributed by atoms with Crippen LogP contribution in [0.3, 0.4) is 0 Å². The Morgan fingerprint density at radius 3 is 2.61 bits per heavy atom. The molecule has 0 unspecified atom stereocenters. The maximum atomic E-state index is 12.6. The molecule has 0 N–H and O–H groups in total. The molecule has 1 amide bonds. The molecule has 0 fully saturated rings. The van der Waals surface area contributed by atoms with Crippen molar-refractivity contribution in [3.05, 3.63) is 64.1 Å². The average Bonchev–Trinajstić information content (AvgIpc) is 3.09. The molecule has 0 spiro atoms. The van der Waals surface area contributed by atoms with E-state index in [0.29, 0.717) is 17.2 Å². The molecule has 4 rings (SSSR count). The smallest absolute Gasteiger partial charge is 0.269 e. The topological polar surface area (TPSA) is 33.2 Å². The van der Waals surface area contributed by atoms with E-state index in [-0.39, 0.29) is 5.91 Å². The van der Waals surface area contributed by atoms with E-state index in [1.165, 1.54) is 11.3 Å². The lowest BCUT2D eigenvalue weighted by atomic mass is 10.0. The number of rotatable bonds is 2. The van der Waals surface area contributed by atoms with Gasteiger partial charge in [0.1, 0.15) is 7.85 Å². The first-order chi connectivity index (χ1) is 11.1. The normalized spacial score (nSPS) is 13.4. The zero-order chi connectivity index (χ0) is 16.0. The van der Waals surface area contributed by atoms with Crippen molar-refractivity contribution in [3.8, 4) is 10.4 Å². The van der Waals surface area contributed by atoms with Gasteiger partial charge < -0.3 is 4.90 Å². The number of amides is 1. The van der Waals surface area contributed by atoms with Crippen LogP contribution in [-0.2, 0) is 6.54 Å². The Labute approximate surface area is 144 Å². The number of aromatic nitrogens is 1. The molecule has 0 saturated heterocycles. The second-order valence-corrected chi connectivity index (χ2v) is 6.79. The molecule has 3 aromatic rings. The van der Waals surface area contributed by atoms with Gasteiger partial charge in [-0.1, -0.05) is 23.7 Å². The summed E-state index contributed by atoms with van der Waals surface area (Å²) >= 11 is 7.43. The molecule has 0 aliphatic carbocycles. The van der Waals surface area contributed by atoms with Crippen molar-refractivity contribution in [2.45, 2.75) is 6.54 Å². The molecule has 23 heavy (non-hydrogen) atoms. The molecule has 2 radical (unpaired) electrons. The van der Waals surface area contributed by atoms with E-state index >= 15 is 0 Å². The standard InChI is InChI=1S/C17H10BClN2OS/c18-15-6-5-13(8-20-15)21-9-11-7-14(23-16(11)17(21)22)10-1-3-12(19)4-2-10/h1-8H,9H2. The van der Waals surface area contributed by atoms with Crippen molar-refractivity contribution in [1.29, 1.82) is 0 Å². The maximum absolute atomic E-state index is 12.6. The van der Waals surface area contributed by atoms with Crippen LogP contribution in [-0.4, -0.2) is 18.7 Å². The highest BCUT2D eigenvalue weighted by molar-refractivity contribution is 7.17. The monoisotopic (exact) mass is 336 g/mol. The van der Waals surface area contributed by atoms with Crippen LogP contribution >= 0.6 is 22.9 Å². The quantitative estimate of drug-likeness (QED) is 0.672. The summed E-state index contributed by atoms with van der Waals surface area (Å²) in [6, 6.07) is 13.2. The summed E-state index contributed by atoms with van der Waals surface area (Å²) < 4.78 is 0. The lowest BCUT2D eigenvalue weighted by Crippen LogP contribution is -2.24. The van der Waals surface area contributed by atoms with E-state index in [9.17, 15) is 4.79 Å². The highest BCUT2D eigenvalue weighted by Gasteiger charge is 2.31. The van der Waals surface area contributed by atoms with E-state index in [1.807, 2.05) is 30.3 Å². The summed E-state index contributed by atoms with van der Waals surface area (Å²) in [5.74, 6) is 0.0109. The minimum atomic E-state index is 0.0109. The minimum Gasteiger partial charge on any atom is -0.302 e. The fraction of sp³-hybridized carbons (Fsp3) is 0.0588. The average molecular weight is 337 g/mol. The van der Waals surface area contributed by atoms with Crippen molar-refractivity contribution in [1.82, 2.24) is 4.98 Å². The van der Waals surface area contributed by atoms with Crippen LogP contribution in [0.4, 0.5) is 5.69 Å². The number of hydrogen-bond donors (Lipinski definition) is 0. The summed E-state index contributed by atoms with van der Waals surface area (Å²) in [5.41, 5.74) is 3.32. The van der Waals surface area contributed by atoms with Gasteiger partial charge in [0.05, 0.1) is 17.1 Å². The predicted octanol–water partition coefficient (Wildman–Crippen LogP) is 3.42. The van der Waals surface area contributed by atoms with E-state index in [1.54, 1.807) is 17.2 Å². The van der Waals surface area contributed by atoms with Gasteiger partial charge in [0.25, 0.3) is 5.91 Å². The third-order valence-corrected chi connectivity index (χ3v) is 5.25. The fourth-order valence-corrected chi connectivity index (χ4v) is 3.87. The van der Waals surface area contributed by atoms with Gasteiger partial charge in [-0.3, -0.25) is 9.78 Å². The van der Waals surface area contributed by atoms with Gasteiger partial charge >= 0.3 is 0 Å². The Morgan fingerprint density at radius 2 is 1.96 bits per heavy atom. The van der Waals surface area contributed by atoms with Gasteiger partial charge in [-0.25, -0.2) is 0 Å². The van der Waals surface area contributed by atoms with Crippen LogP contribution in [0.2, 0.25) is 5.02 Å². The van der Waals surface area contributed by atoms with E-state index < -0.39 is 0 Å². The molecular formula is C17H10BClN2OS. The summed E-state index contributed by atoms with van der Waals surface area (Å²) in [7, 11) is 5.60. The Morgan fingerprint density at radius 1 is 1.17 bits per heavy atom. The molecule has 6 heteroatoms. The zero-order valence-corrected chi connectivity index (χ0v) is 13.6. The number of halogens is 1. The molecule has 1 aliphatic rings. The van der Waals surface area contributed by atoms with Crippen molar-refractivity contribution in [2.75, 3.05) is 4.90 Å². The molecule has 3 heterocycles. The number of carbonyl (C=O) groups excluding carboxylic acids is 1. The third kappa shape index (κ3) is 2.56. The van der Waals surface area contributed by atoms with Gasteiger partial charge in [0, 0.05) is 16.1 Å². The zero-order valence-electron chi connectivity index (χ0n) is 12.0. The fourth-order valence-electron chi connectivity index (χ4n) is 2.61. The second-order valence-electron chi connectivity index (χ2n) is 5.30. The van der Waals surface area contributed by atoms with Gasteiger partial charge in [-0.15, -0.1) is 11.3 Å². The second kappa shape index (κ2) is 5.51. The molecular weight excluding hydrogens is 327 g/mol. The molecule has 0 saturated carbocycles. The van der Waals surface area contributed by atoms with Gasteiger partial charge in [-0.05, 0) is 47.1 Å². The molecule has 0 atom stereocenters. The Kier molecular flexibility index (Phi) is 3.47. The summed E-state index contributed by atoms with van der Waals surface area (Å²) in [4.78, 5) is 20.3. The SMILES string of the molecule is [B]c1ccc(N2Cc3cc(-c4ccc(Cl)cc4)sc3C2=O)cn1. The number of hydrogen-bond acceptors (Lipinski definition) is 3. The van der Waals surface area contributed by atoms with Crippen LogP contribution in [0.25, 0.3) is 10.4 Å². The van der Waals surface area contributed by atoms with Crippen LogP contribution in [0.1, 0.15) is 15.2 Å².